The summed E-state index contributed by atoms with van der Waals surface area (Å²) >= 11 is 1.59. The van der Waals surface area contributed by atoms with Crippen molar-refractivity contribution in [3.05, 3.63) is 33.8 Å². The van der Waals surface area contributed by atoms with Gasteiger partial charge in [0.15, 0.2) is 5.76 Å². The maximum absolute atomic E-state index is 12.1. The number of aliphatic hydroxyl groups excluding tert-OH is 2. The summed E-state index contributed by atoms with van der Waals surface area (Å²) in [6.45, 7) is 0.158. The summed E-state index contributed by atoms with van der Waals surface area (Å²) in [6.07, 6.45) is 2.10. The summed E-state index contributed by atoms with van der Waals surface area (Å²) in [5.41, 5.74) is 10.5. The molecule has 1 aromatic rings. The van der Waals surface area contributed by atoms with E-state index in [1.807, 2.05) is 0 Å². The highest BCUT2D eigenvalue weighted by atomic mass is 32.2. The fourth-order valence-electron chi connectivity index (χ4n) is 2.70. The predicted molar refractivity (Wildman–Crippen MR) is 82.0 cm³/mol. The van der Waals surface area contributed by atoms with Gasteiger partial charge in [0, 0.05) is 36.2 Å². The van der Waals surface area contributed by atoms with Gasteiger partial charge in [-0.2, -0.15) is 16.7 Å². The molecule has 22 heavy (non-hydrogen) atoms. The zero-order chi connectivity index (χ0) is 15.9. The van der Waals surface area contributed by atoms with Crippen molar-refractivity contribution in [1.82, 2.24) is 9.55 Å². The molecule has 0 bridgehead atoms. The van der Waals surface area contributed by atoms with Gasteiger partial charge in [-0.3, -0.25) is 4.57 Å². The van der Waals surface area contributed by atoms with Crippen molar-refractivity contribution in [2.75, 3.05) is 24.6 Å². The summed E-state index contributed by atoms with van der Waals surface area (Å²) in [4.78, 5) is 16.0. The van der Waals surface area contributed by atoms with Crippen LogP contribution in [0, 0.1) is 5.92 Å². The highest BCUT2D eigenvalue weighted by Crippen LogP contribution is 2.60. The first kappa shape index (κ1) is 15.2. The molecule has 6 N–H and O–H groups in total. The quantitative estimate of drug-likeness (QED) is 0.513. The van der Waals surface area contributed by atoms with Crippen LogP contribution in [0.1, 0.15) is 12.0 Å². The molecule has 2 atom stereocenters. The van der Waals surface area contributed by atoms with Gasteiger partial charge in [-0.15, -0.1) is 0 Å². The molecule has 1 fully saturated rings. The van der Waals surface area contributed by atoms with Crippen molar-refractivity contribution in [2.24, 2.45) is 11.7 Å². The monoisotopic (exact) mass is 326 g/mol. The van der Waals surface area contributed by atoms with Gasteiger partial charge in [-0.1, -0.05) is 0 Å². The molecular weight excluding hydrogens is 308 g/mol. The minimum Gasteiger partial charge on any atom is -0.508 e. The van der Waals surface area contributed by atoms with E-state index in [-0.39, 0.29) is 23.3 Å². The molecule has 8 nitrogen and oxygen atoms in total. The van der Waals surface area contributed by atoms with Crippen LogP contribution in [0.25, 0.3) is 0 Å². The molecular formula is C13H18N4O4S. The molecule has 2 unspecified atom stereocenters. The van der Waals surface area contributed by atoms with E-state index in [1.54, 1.807) is 18.0 Å². The van der Waals surface area contributed by atoms with Crippen LogP contribution in [-0.4, -0.2) is 38.7 Å². The van der Waals surface area contributed by atoms with Crippen molar-refractivity contribution in [3.63, 3.8) is 0 Å². The number of rotatable bonds is 6. The van der Waals surface area contributed by atoms with Crippen LogP contribution in [0.5, 0.6) is 0 Å². The topological polar surface area (TPSA) is 137 Å². The van der Waals surface area contributed by atoms with Gasteiger partial charge in [0.1, 0.15) is 18.2 Å². The first-order valence-electron chi connectivity index (χ1n) is 6.91. The van der Waals surface area contributed by atoms with Gasteiger partial charge in [0.25, 0.3) is 0 Å². The van der Waals surface area contributed by atoms with E-state index in [1.165, 1.54) is 4.57 Å². The van der Waals surface area contributed by atoms with Crippen LogP contribution < -0.4 is 17.2 Å². The van der Waals surface area contributed by atoms with Gasteiger partial charge >= 0.3 is 5.69 Å². The molecule has 2 aliphatic rings. The molecule has 3 rings (SSSR count). The van der Waals surface area contributed by atoms with Gasteiger partial charge in [0.05, 0.1) is 5.92 Å². The van der Waals surface area contributed by atoms with Gasteiger partial charge < -0.3 is 26.4 Å². The van der Waals surface area contributed by atoms with Crippen LogP contribution in [-0.2, 0) is 16.2 Å². The highest BCUT2D eigenvalue weighted by molar-refractivity contribution is 7.98. The third-order valence-corrected chi connectivity index (χ3v) is 4.94. The van der Waals surface area contributed by atoms with Crippen LogP contribution >= 0.6 is 11.8 Å². The summed E-state index contributed by atoms with van der Waals surface area (Å²) in [6, 6.07) is 0. The average Bonchev–Trinajstić information content (AvgIpc) is 3.15. The molecule has 1 saturated carbocycles. The Balaban J connectivity index is 1.90. The average molecular weight is 326 g/mol. The maximum Gasteiger partial charge on any atom is 0.352 e. The Morgan fingerprint density at radius 3 is 3.00 bits per heavy atom. The summed E-state index contributed by atoms with van der Waals surface area (Å²) < 4.78 is 6.97. The normalized spacial score (nSPS) is 26.0. The largest absolute Gasteiger partial charge is 0.508 e. The van der Waals surface area contributed by atoms with Crippen LogP contribution in [0.4, 0.5) is 5.82 Å². The molecule has 0 spiro atoms. The number of aliphatic hydroxyl groups is 2. The maximum atomic E-state index is 12.1. The molecule has 1 aromatic heterocycles. The number of nitrogens with zero attached hydrogens (tertiary/aromatic N) is 2. The van der Waals surface area contributed by atoms with E-state index in [4.69, 9.17) is 21.3 Å². The minimum atomic E-state index is -0.965. The van der Waals surface area contributed by atoms with Crippen molar-refractivity contribution in [2.45, 2.75) is 17.9 Å². The number of hydrogen-bond acceptors (Lipinski definition) is 8. The number of fused-ring (bicyclic) bond motifs is 1. The van der Waals surface area contributed by atoms with E-state index < -0.39 is 18.0 Å². The zero-order valence-corrected chi connectivity index (χ0v) is 12.7. The lowest BCUT2D eigenvalue weighted by Crippen LogP contribution is -2.35. The molecule has 120 valence electrons. The molecule has 0 saturated heterocycles. The third-order valence-electron chi connectivity index (χ3n) is 3.90. The van der Waals surface area contributed by atoms with E-state index in [0.29, 0.717) is 18.7 Å². The predicted octanol–water partition coefficient (Wildman–Crippen LogP) is -0.518. The van der Waals surface area contributed by atoms with Crippen LogP contribution in [0.3, 0.4) is 0 Å². The van der Waals surface area contributed by atoms with Gasteiger partial charge in [0.2, 0.25) is 5.72 Å². The van der Waals surface area contributed by atoms with E-state index >= 15 is 0 Å². The van der Waals surface area contributed by atoms with Crippen molar-refractivity contribution < 1.29 is 14.9 Å². The lowest BCUT2D eigenvalue weighted by Gasteiger charge is -2.19. The zero-order valence-electron chi connectivity index (χ0n) is 11.9. The van der Waals surface area contributed by atoms with Gasteiger partial charge in [-0.05, 0) is 0 Å². The number of aromatic nitrogens is 2. The summed E-state index contributed by atoms with van der Waals surface area (Å²) in [5.74, 6) is 1.35. The Morgan fingerprint density at radius 2 is 2.36 bits per heavy atom. The third kappa shape index (κ3) is 2.25. The Bertz CT molecular complexity index is 689. The summed E-state index contributed by atoms with van der Waals surface area (Å²) in [7, 11) is 0. The fourth-order valence-corrected chi connectivity index (χ4v) is 3.45. The highest BCUT2D eigenvalue weighted by Gasteiger charge is 2.67. The van der Waals surface area contributed by atoms with Crippen molar-refractivity contribution in [1.29, 1.82) is 0 Å². The molecule has 0 aromatic carbocycles. The van der Waals surface area contributed by atoms with Crippen LogP contribution in [0.15, 0.2) is 22.5 Å². The molecule has 1 aliphatic heterocycles. The lowest BCUT2D eigenvalue weighted by atomic mass is 10.3. The first-order chi connectivity index (χ1) is 10.5. The summed E-state index contributed by atoms with van der Waals surface area (Å²) in [5, 5.41) is 19.1. The second kappa shape index (κ2) is 5.49. The second-order valence-electron chi connectivity index (χ2n) is 5.32. The standard InChI is InChI=1S/C13H18N4O4S/c14-1-2-22-6-7-4-17(12(20)16-11(7)15)13-3-8(13)10(19)9(5-18)21-13/h4,8,18-19H,1-3,5-6,14H2,(H2,15,16,20). The SMILES string of the molecule is NCCSCc1cn(C23CC2C(O)=C(CO)O3)c(=O)nc1N. The van der Waals surface area contributed by atoms with E-state index in [9.17, 15) is 9.90 Å². The number of ether oxygens (including phenoxy) is 1. The number of nitrogens with two attached hydrogens (primary N) is 2. The Morgan fingerprint density at radius 1 is 1.59 bits per heavy atom. The molecule has 0 amide bonds. The lowest BCUT2D eigenvalue weighted by molar-refractivity contribution is 0.0164. The van der Waals surface area contributed by atoms with E-state index in [2.05, 4.69) is 4.98 Å². The van der Waals surface area contributed by atoms with E-state index in [0.717, 1.165) is 11.3 Å². The van der Waals surface area contributed by atoms with Crippen LogP contribution in [0.2, 0.25) is 0 Å². The minimum absolute atomic E-state index is 0.00489. The number of hydrogen-bond donors (Lipinski definition) is 4. The molecule has 1 aliphatic carbocycles. The molecule has 2 heterocycles. The Hall–Kier alpha value is -1.71. The Kier molecular flexibility index (Phi) is 3.79. The van der Waals surface area contributed by atoms with Crippen molar-refractivity contribution >= 4 is 17.6 Å². The smallest absolute Gasteiger partial charge is 0.352 e. The number of thioether (sulfide) groups is 1. The number of anilines is 1. The fraction of sp³-hybridized carbons (Fsp3) is 0.538. The number of nitrogen functional groups attached to an aromatic ring is 1. The van der Waals surface area contributed by atoms with Gasteiger partial charge in [-0.25, -0.2) is 4.79 Å². The molecule has 9 heteroatoms. The molecule has 0 radical (unpaired) electrons. The second-order valence-corrected chi connectivity index (χ2v) is 6.42. The van der Waals surface area contributed by atoms with Crippen molar-refractivity contribution in [3.8, 4) is 0 Å². The first-order valence-corrected chi connectivity index (χ1v) is 8.07. The Labute approximate surface area is 130 Å².